The van der Waals surface area contributed by atoms with E-state index in [2.05, 4.69) is 5.32 Å². The van der Waals surface area contributed by atoms with E-state index in [1.54, 1.807) is 12.1 Å². The Balaban J connectivity index is 0.00000258. The van der Waals surface area contributed by atoms with Gasteiger partial charge in [0.25, 0.3) is 0 Å². The number of halogens is 3. The maximum atomic E-state index is 11.8. The van der Waals surface area contributed by atoms with Crippen LogP contribution in [0.15, 0.2) is 24.3 Å². The Morgan fingerprint density at radius 1 is 0.630 bits per heavy atom. The summed E-state index contributed by atoms with van der Waals surface area (Å²) in [4.78, 5) is 20.7. The highest BCUT2D eigenvalue weighted by Crippen LogP contribution is 2.13. The zero-order chi connectivity index (χ0) is 34.1. The number of ether oxygens (including phenoxy) is 8. The summed E-state index contributed by atoms with van der Waals surface area (Å²) < 4.78 is 74.9. The number of carboxylic acids is 1. The molecule has 17 heteroatoms. The first-order valence-corrected chi connectivity index (χ1v) is 14.8. The second-order valence-electron chi connectivity index (χ2n) is 9.01. The fraction of sp³-hybridized carbons (Fsp3) is 0.724. The molecule has 0 aliphatic carbocycles. The number of hydrogen-bond acceptors (Lipinski definition) is 12. The molecule has 268 valence electrons. The number of carbonyl (C=O) groups excluding carboxylic acids is 1. The number of carboxylic acid groups (broad SMARTS) is 1. The Hall–Kier alpha value is -2.61. The Kier molecular flexibility index (Phi) is 29.3. The molecule has 0 bridgehead atoms. The average Bonchev–Trinajstić information content (AvgIpc) is 3.02. The van der Waals surface area contributed by atoms with Crippen molar-refractivity contribution in [1.82, 2.24) is 5.32 Å². The molecule has 1 aromatic carbocycles. The third kappa shape index (κ3) is 31.4. The summed E-state index contributed by atoms with van der Waals surface area (Å²) >= 11 is 0. The minimum Gasteiger partial charge on any atom is -0.508 e. The van der Waals surface area contributed by atoms with Gasteiger partial charge < -0.3 is 59.2 Å². The standard InChI is InChI=1S/C27H48N2O10.C2HF3O2/c28-7-10-33-12-14-35-16-18-37-20-22-39-24-23-38-21-19-36-17-15-34-13-11-32-9-6-27(31)29-8-5-25-1-3-26(30)4-2-25;3-2(4,5)1(6)7/h1-4,30H,5-24,28H2,(H,29,31);(H,6,7). The van der Waals surface area contributed by atoms with E-state index in [0.29, 0.717) is 132 Å². The van der Waals surface area contributed by atoms with E-state index in [-0.39, 0.29) is 11.7 Å². The SMILES string of the molecule is NCCOCCOCCOCCOCCOCCOCCOCCOCCC(=O)NCCc1ccc(O)cc1.O=C(O)C(F)(F)F. The molecular formula is C29H49F3N2O12. The van der Waals surface area contributed by atoms with Crippen molar-refractivity contribution >= 4 is 11.9 Å². The smallest absolute Gasteiger partial charge is 0.490 e. The van der Waals surface area contributed by atoms with Gasteiger partial charge in [-0.05, 0) is 24.1 Å². The molecule has 0 saturated carbocycles. The number of aliphatic carboxylic acids is 1. The van der Waals surface area contributed by atoms with E-state index < -0.39 is 12.1 Å². The van der Waals surface area contributed by atoms with Crippen LogP contribution in [0.3, 0.4) is 0 Å². The number of alkyl halides is 3. The average molecular weight is 675 g/mol. The first-order valence-electron chi connectivity index (χ1n) is 14.8. The lowest BCUT2D eigenvalue weighted by molar-refractivity contribution is -0.192. The molecule has 1 aromatic rings. The number of benzene rings is 1. The number of aromatic hydroxyl groups is 1. The normalized spacial score (nSPS) is 11.2. The summed E-state index contributed by atoms with van der Waals surface area (Å²) in [7, 11) is 0. The van der Waals surface area contributed by atoms with E-state index in [1.807, 2.05) is 12.1 Å². The zero-order valence-corrected chi connectivity index (χ0v) is 26.1. The van der Waals surface area contributed by atoms with Gasteiger partial charge in [-0.15, -0.1) is 0 Å². The summed E-state index contributed by atoms with van der Waals surface area (Å²) in [5, 5.41) is 19.2. The van der Waals surface area contributed by atoms with E-state index >= 15 is 0 Å². The number of phenols is 1. The minimum absolute atomic E-state index is 0.0516. The van der Waals surface area contributed by atoms with Crippen LogP contribution in [0.25, 0.3) is 0 Å². The Bertz CT molecular complexity index is 852. The summed E-state index contributed by atoms with van der Waals surface area (Å²) in [5.41, 5.74) is 6.38. The highest BCUT2D eigenvalue weighted by molar-refractivity contribution is 5.75. The van der Waals surface area contributed by atoms with Crippen molar-refractivity contribution in [3.05, 3.63) is 29.8 Å². The molecule has 1 rings (SSSR count). The molecule has 0 atom stereocenters. The van der Waals surface area contributed by atoms with E-state index in [1.165, 1.54) is 0 Å². The van der Waals surface area contributed by atoms with Crippen LogP contribution in [0.4, 0.5) is 13.2 Å². The molecule has 1 amide bonds. The van der Waals surface area contributed by atoms with Gasteiger partial charge in [0.15, 0.2) is 0 Å². The van der Waals surface area contributed by atoms with Gasteiger partial charge in [0, 0.05) is 19.5 Å². The van der Waals surface area contributed by atoms with Crippen LogP contribution in [-0.4, -0.2) is 147 Å². The lowest BCUT2D eigenvalue weighted by Gasteiger charge is -2.09. The Morgan fingerprint density at radius 3 is 1.28 bits per heavy atom. The zero-order valence-electron chi connectivity index (χ0n) is 26.1. The number of carbonyl (C=O) groups is 2. The number of amides is 1. The lowest BCUT2D eigenvalue weighted by atomic mass is 10.1. The van der Waals surface area contributed by atoms with Crippen LogP contribution in [-0.2, 0) is 53.9 Å². The molecule has 0 aromatic heterocycles. The maximum Gasteiger partial charge on any atom is 0.490 e. The molecule has 0 unspecified atom stereocenters. The molecule has 0 aliphatic heterocycles. The summed E-state index contributed by atoms with van der Waals surface area (Å²) in [6.07, 6.45) is -4.06. The van der Waals surface area contributed by atoms with Crippen molar-refractivity contribution in [3.8, 4) is 5.75 Å². The number of nitrogens with one attached hydrogen (secondary N) is 1. The Labute approximate surface area is 267 Å². The fourth-order valence-corrected chi connectivity index (χ4v) is 2.99. The first kappa shape index (κ1) is 43.4. The van der Waals surface area contributed by atoms with Gasteiger partial charge in [-0.25, -0.2) is 4.79 Å². The lowest BCUT2D eigenvalue weighted by Crippen LogP contribution is -2.26. The minimum atomic E-state index is -5.08. The van der Waals surface area contributed by atoms with Crippen molar-refractivity contribution < 1.29 is 70.9 Å². The molecule has 0 fully saturated rings. The number of nitrogens with two attached hydrogens (primary N) is 1. The maximum absolute atomic E-state index is 11.8. The van der Waals surface area contributed by atoms with Crippen molar-refractivity contribution in [3.63, 3.8) is 0 Å². The molecule has 0 spiro atoms. The predicted octanol–water partition coefficient (Wildman–Crippen LogP) is 1.17. The van der Waals surface area contributed by atoms with E-state index in [9.17, 15) is 23.1 Å². The summed E-state index contributed by atoms with van der Waals surface area (Å²) in [6, 6.07) is 6.94. The van der Waals surface area contributed by atoms with Gasteiger partial charge in [0.1, 0.15) is 5.75 Å². The summed E-state index contributed by atoms with van der Waals surface area (Å²) in [6.45, 7) is 8.93. The van der Waals surface area contributed by atoms with Crippen LogP contribution in [0.2, 0.25) is 0 Å². The monoisotopic (exact) mass is 674 g/mol. The van der Waals surface area contributed by atoms with Gasteiger partial charge >= 0.3 is 12.1 Å². The molecule has 0 saturated heterocycles. The Morgan fingerprint density at radius 2 is 0.957 bits per heavy atom. The predicted molar refractivity (Wildman–Crippen MR) is 159 cm³/mol. The van der Waals surface area contributed by atoms with Crippen LogP contribution < -0.4 is 11.1 Å². The molecular weight excluding hydrogens is 625 g/mol. The van der Waals surface area contributed by atoms with Crippen LogP contribution in [0, 0.1) is 0 Å². The van der Waals surface area contributed by atoms with Gasteiger partial charge in [0.2, 0.25) is 5.91 Å². The molecule has 0 radical (unpaired) electrons. The quantitative estimate of drug-likeness (QED) is 0.0889. The number of hydrogen-bond donors (Lipinski definition) is 4. The highest BCUT2D eigenvalue weighted by atomic mass is 19.4. The third-order valence-electron chi connectivity index (χ3n) is 5.25. The number of phenolic OH excluding ortho intramolecular Hbond substituents is 1. The van der Waals surface area contributed by atoms with Crippen LogP contribution in [0.1, 0.15) is 12.0 Å². The second kappa shape index (κ2) is 31.0. The fourth-order valence-electron chi connectivity index (χ4n) is 2.99. The van der Waals surface area contributed by atoms with Gasteiger partial charge in [-0.1, -0.05) is 12.1 Å². The van der Waals surface area contributed by atoms with E-state index in [4.69, 9.17) is 53.5 Å². The van der Waals surface area contributed by atoms with E-state index in [0.717, 1.165) is 5.56 Å². The van der Waals surface area contributed by atoms with Crippen molar-refractivity contribution in [1.29, 1.82) is 0 Å². The van der Waals surface area contributed by atoms with Crippen molar-refractivity contribution in [2.75, 3.05) is 119 Å². The first-order chi connectivity index (χ1) is 22.2. The van der Waals surface area contributed by atoms with Crippen molar-refractivity contribution in [2.45, 2.75) is 19.0 Å². The van der Waals surface area contributed by atoms with Crippen LogP contribution >= 0.6 is 0 Å². The van der Waals surface area contributed by atoms with Crippen LogP contribution in [0.5, 0.6) is 5.75 Å². The molecule has 0 heterocycles. The summed E-state index contributed by atoms with van der Waals surface area (Å²) in [5.74, 6) is -2.57. The van der Waals surface area contributed by atoms with Gasteiger partial charge in [0.05, 0.1) is 106 Å². The largest absolute Gasteiger partial charge is 0.508 e. The topological polar surface area (TPSA) is 186 Å². The van der Waals surface area contributed by atoms with Gasteiger partial charge in [-0.2, -0.15) is 13.2 Å². The number of rotatable bonds is 29. The third-order valence-corrected chi connectivity index (χ3v) is 5.25. The molecule has 46 heavy (non-hydrogen) atoms. The molecule has 0 aliphatic rings. The van der Waals surface area contributed by atoms with Crippen molar-refractivity contribution in [2.24, 2.45) is 5.73 Å². The van der Waals surface area contributed by atoms with Gasteiger partial charge in [-0.3, -0.25) is 4.79 Å². The second-order valence-corrected chi connectivity index (χ2v) is 9.01. The molecule has 14 nitrogen and oxygen atoms in total. The highest BCUT2D eigenvalue weighted by Gasteiger charge is 2.38. The molecule has 5 N–H and O–H groups in total.